The SMILES string of the molecule is C/C(=C\c1ccccc1-c1ccc2c(c1)OCCO2)C(=O)NC(=N)N. The van der Waals surface area contributed by atoms with E-state index >= 15 is 0 Å². The maximum Gasteiger partial charge on any atom is 0.253 e. The molecule has 4 N–H and O–H groups in total. The van der Waals surface area contributed by atoms with Crippen LogP contribution in [0.25, 0.3) is 17.2 Å². The van der Waals surface area contributed by atoms with E-state index in [0.717, 1.165) is 22.4 Å². The van der Waals surface area contributed by atoms with Crippen molar-refractivity contribution in [3.63, 3.8) is 0 Å². The Labute approximate surface area is 145 Å². The van der Waals surface area contributed by atoms with Crippen LogP contribution >= 0.6 is 0 Å². The average Bonchev–Trinajstić information content (AvgIpc) is 2.61. The molecule has 0 atom stereocenters. The van der Waals surface area contributed by atoms with Gasteiger partial charge in [0.2, 0.25) is 0 Å². The third-order valence-corrected chi connectivity index (χ3v) is 3.79. The Hall–Kier alpha value is -3.28. The second kappa shape index (κ2) is 7.09. The van der Waals surface area contributed by atoms with E-state index in [1.165, 1.54) is 0 Å². The summed E-state index contributed by atoms with van der Waals surface area (Å²) >= 11 is 0. The largest absolute Gasteiger partial charge is 0.486 e. The smallest absolute Gasteiger partial charge is 0.253 e. The molecule has 1 amide bonds. The monoisotopic (exact) mass is 337 g/mol. The fourth-order valence-electron chi connectivity index (χ4n) is 2.62. The summed E-state index contributed by atoms with van der Waals surface area (Å²) in [6, 6.07) is 13.5. The minimum absolute atomic E-state index is 0.377. The van der Waals surface area contributed by atoms with Gasteiger partial charge >= 0.3 is 0 Å². The summed E-state index contributed by atoms with van der Waals surface area (Å²) in [4.78, 5) is 12.0. The molecule has 6 nitrogen and oxygen atoms in total. The first-order valence-corrected chi connectivity index (χ1v) is 7.87. The van der Waals surface area contributed by atoms with Crippen molar-refractivity contribution in [2.75, 3.05) is 13.2 Å². The van der Waals surface area contributed by atoms with Crippen LogP contribution in [-0.2, 0) is 4.79 Å². The standard InChI is InChI=1S/C19H19N3O3/c1-12(18(23)22-19(20)21)10-13-4-2-3-5-15(13)14-6-7-16-17(11-14)25-9-8-24-16/h2-7,10-11H,8-9H2,1H3,(H4,20,21,22,23)/b12-10+. The molecule has 0 saturated carbocycles. The molecule has 128 valence electrons. The molecule has 0 bridgehead atoms. The van der Waals surface area contributed by atoms with Gasteiger partial charge in [-0.2, -0.15) is 0 Å². The number of guanidine groups is 1. The summed E-state index contributed by atoms with van der Waals surface area (Å²) in [6.07, 6.45) is 1.77. The number of rotatable bonds is 3. The first kappa shape index (κ1) is 16.6. The van der Waals surface area contributed by atoms with Gasteiger partial charge in [-0.25, -0.2) is 0 Å². The molecule has 1 aliphatic rings. The average molecular weight is 337 g/mol. The fraction of sp³-hybridized carbons (Fsp3) is 0.158. The molecular weight excluding hydrogens is 318 g/mol. The van der Waals surface area contributed by atoms with E-state index < -0.39 is 5.91 Å². The first-order valence-electron chi connectivity index (χ1n) is 7.87. The molecule has 2 aromatic carbocycles. The maximum absolute atomic E-state index is 12.0. The number of carbonyl (C=O) groups is 1. The number of fused-ring (bicyclic) bond motifs is 1. The number of hydrogen-bond acceptors (Lipinski definition) is 4. The summed E-state index contributed by atoms with van der Waals surface area (Å²) in [5, 5.41) is 9.44. The lowest BCUT2D eigenvalue weighted by atomic mass is 9.97. The Morgan fingerprint density at radius 2 is 1.88 bits per heavy atom. The number of benzene rings is 2. The van der Waals surface area contributed by atoms with Crippen molar-refractivity contribution in [2.45, 2.75) is 6.92 Å². The predicted molar refractivity (Wildman–Crippen MR) is 96.6 cm³/mol. The fourth-order valence-corrected chi connectivity index (χ4v) is 2.62. The molecule has 2 aromatic rings. The van der Waals surface area contributed by atoms with Gasteiger partial charge in [-0.05, 0) is 41.8 Å². The molecule has 6 heteroatoms. The van der Waals surface area contributed by atoms with Gasteiger partial charge in [-0.1, -0.05) is 30.3 Å². The van der Waals surface area contributed by atoms with E-state index in [4.69, 9.17) is 20.6 Å². The lowest BCUT2D eigenvalue weighted by molar-refractivity contribution is -0.116. The molecule has 3 rings (SSSR count). The lowest BCUT2D eigenvalue weighted by Crippen LogP contribution is -2.36. The molecule has 0 saturated heterocycles. The van der Waals surface area contributed by atoms with Gasteiger partial charge in [0.25, 0.3) is 5.91 Å². The van der Waals surface area contributed by atoms with Crippen LogP contribution < -0.4 is 20.5 Å². The number of hydrogen-bond donors (Lipinski definition) is 3. The number of nitrogens with two attached hydrogens (primary N) is 1. The van der Waals surface area contributed by atoms with Crippen molar-refractivity contribution in [3.8, 4) is 22.6 Å². The van der Waals surface area contributed by atoms with Crippen LogP contribution in [0.2, 0.25) is 0 Å². The van der Waals surface area contributed by atoms with Crippen LogP contribution in [-0.4, -0.2) is 25.1 Å². The van der Waals surface area contributed by atoms with Crippen LogP contribution in [0.15, 0.2) is 48.0 Å². The summed E-state index contributed by atoms with van der Waals surface area (Å²) in [5.74, 6) is 0.677. The van der Waals surface area contributed by atoms with Gasteiger partial charge in [0, 0.05) is 5.57 Å². The van der Waals surface area contributed by atoms with Gasteiger partial charge in [-0.15, -0.1) is 0 Å². The van der Waals surface area contributed by atoms with Crippen molar-refractivity contribution in [2.24, 2.45) is 5.73 Å². The highest BCUT2D eigenvalue weighted by molar-refractivity contribution is 6.06. The van der Waals surface area contributed by atoms with Gasteiger partial charge in [0.05, 0.1) is 0 Å². The molecule has 0 fully saturated rings. The molecule has 0 aliphatic carbocycles. The third kappa shape index (κ3) is 3.80. The van der Waals surface area contributed by atoms with E-state index in [-0.39, 0.29) is 5.96 Å². The summed E-state index contributed by atoms with van der Waals surface area (Å²) in [7, 11) is 0. The number of nitrogens with one attached hydrogen (secondary N) is 2. The van der Waals surface area contributed by atoms with E-state index in [0.29, 0.717) is 24.5 Å². The highest BCUT2D eigenvalue weighted by Gasteiger charge is 2.14. The van der Waals surface area contributed by atoms with Gasteiger partial charge < -0.3 is 15.2 Å². The molecule has 1 aliphatic heterocycles. The number of amides is 1. The molecule has 0 spiro atoms. The van der Waals surface area contributed by atoms with Gasteiger partial charge in [0.15, 0.2) is 17.5 Å². The van der Waals surface area contributed by atoms with E-state index in [9.17, 15) is 4.79 Å². The molecular formula is C19H19N3O3. The van der Waals surface area contributed by atoms with Crippen molar-refractivity contribution in [1.29, 1.82) is 5.41 Å². The first-order chi connectivity index (χ1) is 12.0. The van der Waals surface area contributed by atoms with Crippen LogP contribution in [0.3, 0.4) is 0 Å². The topological polar surface area (TPSA) is 97.4 Å². The highest BCUT2D eigenvalue weighted by Crippen LogP contribution is 2.36. The third-order valence-electron chi connectivity index (χ3n) is 3.79. The normalized spacial score (nSPS) is 13.2. The Kier molecular flexibility index (Phi) is 4.70. The molecule has 0 aromatic heterocycles. The summed E-state index contributed by atoms with van der Waals surface area (Å²) in [5.41, 5.74) is 8.49. The number of carbonyl (C=O) groups excluding carboxylic acids is 1. The van der Waals surface area contributed by atoms with Crippen molar-refractivity contribution < 1.29 is 14.3 Å². The van der Waals surface area contributed by atoms with Crippen LogP contribution in [0, 0.1) is 5.41 Å². The van der Waals surface area contributed by atoms with E-state index in [1.54, 1.807) is 13.0 Å². The Morgan fingerprint density at radius 1 is 1.16 bits per heavy atom. The minimum Gasteiger partial charge on any atom is -0.486 e. The van der Waals surface area contributed by atoms with Gasteiger partial charge in [0.1, 0.15) is 13.2 Å². The van der Waals surface area contributed by atoms with Crippen LogP contribution in [0.4, 0.5) is 0 Å². The maximum atomic E-state index is 12.0. The lowest BCUT2D eigenvalue weighted by Gasteiger charge is -2.19. The second-order valence-corrected chi connectivity index (χ2v) is 5.64. The molecule has 0 unspecified atom stereocenters. The molecule has 25 heavy (non-hydrogen) atoms. The Bertz CT molecular complexity index is 859. The zero-order chi connectivity index (χ0) is 17.8. The molecule has 1 heterocycles. The minimum atomic E-state index is -0.399. The summed E-state index contributed by atoms with van der Waals surface area (Å²) < 4.78 is 11.2. The van der Waals surface area contributed by atoms with Crippen LogP contribution in [0.5, 0.6) is 11.5 Å². The van der Waals surface area contributed by atoms with Crippen molar-refractivity contribution in [1.82, 2.24) is 5.32 Å². The Balaban J connectivity index is 1.96. The van der Waals surface area contributed by atoms with E-state index in [2.05, 4.69) is 5.32 Å². The Morgan fingerprint density at radius 3 is 2.64 bits per heavy atom. The van der Waals surface area contributed by atoms with Crippen molar-refractivity contribution >= 4 is 17.9 Å². The zero-order valence-corrected chi connectivity index (χ0v) is 13.8. The van der Waals surface area contributed by atoms with Gasteiger partial charge in [-0.3, -0.25) is 15.5 Å². The van der Waals surface area contributed by atoms with Crippen LogP contribution in [0.1, 0.15) is 12.5 Å². The number of ether oxygens (including phenoxy) is 2. The quantitative estimate of drug-likeness (QED) is 0.455. The zero-order valence-electron chi connectivity index (χ0n) is 13.8. The highest BCUT2D eigenvalue weighted by atomic mass is 16.6. The van der Waals surface area contributed by atoms with E-state index in [1.807, 2.05) is 42.5 Å². The van der Waals surface area contributed by atoms with Crippen molar-refractivity contribution in [3.05, 3.63) is 53.6 Å². The predicted octanol–water partition coefficient (Wildman–Crippen LogP) is 2.54. The second-order valence-electron chi connectivity index (χ2n) is 5.64. The summed E-state index contributed by atoms with van der Waals surface area (Å²) in [6.45, 7) is 2.76. The molecule has 0 radical (unpaired) electrons.